The van der Waals surface area contributed by atoms with Gasteiger partial charge < -0.3 is 9.64 Å². The monoisotopic (exact) mass is 435 g/mol. The highest BCUT2D eigenvalue weighted by atomic mass is 16.5. The highest BCUT2D eigenvalue weighted by Gasteiger charge is 2.68. The summed E-state index contributed by atoms with van der Waals surface area (Å²) in [5.74, 6) is -2.62. The van der Waals surface area contributed by atoms with Crippen LogP contribution in [0.2, 0.25) is 0 Å². The first-order valence-corrected chi connectivity index (χ1v) is 10.9. The number of benzene rings is 2. The Morgan fingerprint density at radius 1 is 1.06 bits per heavy atom. The molecule has 7 heteroatoms. The minimum absolute atomic E-state index is 0.189. The molecule has 2 aliphatic heterocycles. The molecule has 2 aromatic carbocycles. The van der Waals surface area contributed by atoms with E-state index >= 15 is 0 Å². The zero-order valence-corrected chi connectivity index (χ0v) is 18.9. The van der Waals surface area contributed by atoms with Crippen LogP contribution in [0.5, 0.6) is 0 Å². The zero-order valence-electron chi connectivity index (χ0n) is 18.9. The molecule has 2 amide bonds. The van der Waals surface area contributed by atoms with Crippen molar-refractivity contribution in [3.05, 3.63) is 65.7 Å². The molecule has 0 spiro atoms. The standard InChI is InChI=1S/C25H29N3O4/c1-5-32-24(31)25(15-16-9-7-6-8-10-16)20-19(22(29)28(4)23(20)30)21(26-25)17-11-13-18(14-12-17)27(2)3/h6-14,19-21,26H,5,15H2,1-4H3/t19-,20-,21+,25+/m0/s1. The topological polar surface area (TPSA) is 79.0 Å². The minimum atomic E-state index is -1.33. The molecule has 0 saturated carbocycles. The number of likely N-dealkylation sites (tertiary alicyclic amines) is 1. The molecule has 2 heterocycles. The van der Waals surface area contributed by atoms with Crippen LogP contribution in [0, 0.1) is 11.8 Å². The number of anilines is 1. The van der Waals surface area contributed by atoms with Crippen LogP contribution in [0.1, 0.15) is 24.1 Å². The second-order valence-corrected chi connectivity index (χ2v) is 8.70. The van der Waals surface area contributed by atoms with Gasteiger partial charge in [0.05, 0.1) is 18.4 Å². The second-order valence-electron chi connectivity index (χ2n) is 8.70. The quantitative estimate of drug-likeness (QED) is 0.554. The molecule has 0 radical (unpaired) electrons. The Hall–Kier alpha value is -3.19. The summed E-state index contributed by atoms with van der Waals surface area (Å²) in [5.41, 5.74) is 1.45. The first-order chi connectivity index (χ1) is 15.3. The molecule has 2 aliphatic rings. The van der Waals surface area contributed by atoms with E-state index in [4.69, 9.17) is 4.74 Å². The molecule has 0 unspecified atom stereocenters. The molecule has 32 heavy (non-hydrogen) atoms. The molecule has 1 N–H and O–H groups in total. The first-order valence-electron chi connectivity index (χ1n) is 10.9. The average molecular weight is 436 g/mol. The van der Waals surface area contributed by atoms with Gasteiger partial charge >= 0.3 is 5.97 Å². The normalized spacial score (nSPS) is 26.9. The van der Waals surface area contributed by atoms with E-state index in [1.807, 2.05) is 73.6 Å². The molecule has 168 valence electrons. The Labute approximate surface area is 188 Å². The van der Waals surface area contributed by atoms with E-state index < -0.39 is 29.4 Å². The molecule has 0 aromatic heterocycles. The van der Waals surface area contributed by atoms with Gasteiger partial charge in [-0.25, -0.2) is 0 Å². The van der Waals surface area contributed by atoms with E-state index in [0.29, 0.717) is 0 Å². The number of amides is 2. The lowest BCUT2D eigenvalue weighted by Crippen LogP contribution is -2.57. The summed E-state index contributed by atoms with van der Waals surface area (Å²) in [6.07, 6.45) is 0.257. The number of carbonyl (C=O) groups excluding carboxylic acids is 3. The van der Waals surface area contributed by atoms with Crippen LogP contribution in [0.15, 0.2) is 54.6 Å². The summed E-state index contributed by atoms with van der Waals surface area (Å²) >= 11 is 0. The number of ether oxygens (including phenoxy) is 1. The van der Waals surface area contributed by atoms with Crippen molar-refractivity contribution in [2.24, 2.45) is 11.8 Å². The average Bonchev–Trinajstić information content (AvgIpc) is 3.24. The van der Waals surface area contributed by atoms with Crippen molar-refractivity contribution in [2.75, 3.05) is 32.6 Å². The number of esters is 1. The van der Waals surface area contributed by atoms with Gasteiger partial charge in [0.15, 0.2) is 0 Å². The Kier molecular flexibility index (Phi) is 5.77. The summed E-state index contributed by atoms with van der Waals surface area (Å²) in [6, 6.07) is 16.9. The molecular weight excluding hydrogens is 406 g/mol. The molecule has 4 atom stereocenters. The number of carbonyl (C=O) groups is 3. The molecule has 2 aromatic rings. The lowest BCUT2D eigenvalue weighted by Gasteiger charge is -2.32. The smallest absolute Gasteiger partial charge is 0.327 e. The van der Waals surface area contributed by atoms with Crippen molar-refractivity contribution < 1.29 is 19.1 Å². The fraction of sp³-hybridized carbons (Fsp3) is 0.400. The van der Waals surface area contributed by atoms with E-state index in [9.17, 15) is 14.4 Å². The van der Waals surface area contributed by atoms with Crippen molar-refractivity contribution in [2.45, 2.75) is 24.9 Å². The number of hydrogen-bond acceptors (Lipinski definition) is 6. The summed E-state index contributed by atoms with van der Waals surface area (Å²) in [4.78, 5) is 43.0. The van der Waals surface area contributed by atoms with E-state index in [1.54, 1.807) is 6.92 Å². The minimum Gasteiger partial charge on any atom is -0.465 e. The van der Waals surface area contributed by atoms with Gasteiger partial charge in [0, 0.05) is 39.3 Å². The summed E-state index contributed by atoms with van der Waals surface area (Å²) in [6.45, 7) is 1.93. The van der Waals surface area contributed by atoms with Gasteiger partial charge in [-0.15, -0.1) is 0 Å². The van der Waals surface area contributed by atoms with E-state index in [-0.39, 0.29) is 24.8 Å². The number of nitrogens with one attached hydrogen (secondary N) is 1. The maximum Gasteiger partial charge on any atom is 0.327 e. The predicted molar refractivity (Wildman–Crippen MR) is 121 cm³/mol. The van der Waals surface area contributed by atoms with Crippen LogP contribution in [0.3, 0.4) is 0 Å². The zero-order chi connectivity index (χ0) is 23.0. The van der Waals surface area contributed by atoms with Gasteiger partial charge in [0.25, 0.3) is 0 Å². The van der Waals surface area contributed by atoms with Gasteiger partial charge in [0.2, 0.25) is 11.8 Å². The number of fused-ring (bicyclic) bond motifs is 1. The second kappa shape index (κ2) is 8.39. The molecule has 0 bridgehead atoms. The Morgan fingerprint density at radius 2 is 1.72 bits per heavy atom. The van der Waals surface area contributed by atoms with Gasteiger partial charge in [-0.05, 0) is 30.2 Å². The van der Waals surface area contributed by atoms with Crippen molar-refractivity contribution in [1.82, 2.24) is 10.2 Å². The molecule has 4 rings (SSSR count). The van der Waals surface area contributed by atoms with Gasteiger partial charge in [-0.1, -0.05) is 42.5 Å². The predicted octanol–water partition coefficient (Wildman–Crippen LogP) is 2.17. The molecule has 2 fully saturated rings. The Morgan fingerprint density at radius 3 is 2.31 bits per heavy atom. The fourth-order valence-electron chi connectivity index (χ4n) is 5.01. The van der Waals surface area contributed by atoms with Crippen LogP contribution in [-0.2, 0) is 25.5 Å². The lowest BCUT2D eigenvalue weighted by atomic mass is 9.76. The van der Waals surface area contributed by atoms with Crippen LogP contribution in [0.25, 0.3) is 0 Å². The van der Waals surface area contributed by atoms with Gasteiger partial charge in [-0.2, -0.15) is 0 Å². The van der Waals surface area contributed by atoms with Crippen LogP contribution < -0.4 is 10.2 Å². The number of nitrogens with zero attached hydrogens (tertiary/aromatic N) is 2. The first kappa shape index (κ1) is 22.0. The SMILES string of the molecule is CCOC(=O)[C@]1(Cc2ccccc2)N[C@H](c2ccc(N(C)C)cc2)[C@H]2C(=O)N(C)C(=O)[C@H]21. The highest BCUT2D eigenvalue weighted by molar-refractivity contribution is 6.09. The van der Waals surface area contributed by atoms with E-state index in [0.717, 1.165) is 21.7 Å². The third-order valence-electron chi connectivity index (χ3n) is 6.61. The maximum absolute atomic E-state index is 13.4. The van der Waals surface area contributed by atoms with Crippen molar-refractivity contribution in [3.8, 4) is 0 Å². The van der Waals surface area contributed by atoms with Crippen LogP contribution >= 0.6 is 0 Å². The Bertz CT molecular complexity index is 1020. The van der Waals surface area contributed by atoms with Gasteiger partial charge in [-0.3, -0.25) is 24.6 Å². The van der Waals surface area contributed by atoms with Crippen molar-refractivity contribution >= 4 is 23.5 Å². The number of hydrogen-bond donors (Lipinski definition) is 1. The summed E-state index contributed by atoms with van der Waals surface area (Å²) in [5, 5.41) is 3.43. The molecule has 7 nitrogen and oxygen atoms in total. The van der Waals surface area contributed by atoms with E-state index in [2.05, 4.69) is 5.32 Å². The molecule has 0 aliphatic carbocycles. The fourth-order valence-corrected chi connectivity index (χ4v) is 5.01. The van der Waals surface area contributed by atoms with Crippen molar-refractivity contribution in [3.63, 3.8) is 0 Å². The third kappa shape index (κ3) is 3.46. The van der Waals surface area contributed by atoms with Gasteiger partial charge in [0.1, 0.15) is 5.54 Å². The van der Waals surface area contributed by atoms with Crippen LogP contribution in [-0.4, -0.2) is 56.0 Å². The van der Waals surface area contributed by atoms with Crippen LogP contribution in [0.4, 0.5) is 5.69 Å². The Balaban J connectivity index is 1.82. The number of imide groups is 1. The summed E-state index contributed by atoms with van der Waals surface area (Å²) in [7, 11) is 5.41. The highest BCUT2D eigenvalue weighted by Crippen LogP contribution is 2.50. The lowest BCUT2D eigenvalue weighted by molar-refractivity contribution is -0.156. The number of rotatable bonds is 6. The summed E-state index contributed by atoms with van der Waals surface area (Å²) < 4.78 is 5.47. The maximum atomic E-state index is 13.4. The third-order valence-corrected chi connectivity index (χ3v) is 6.61. The molecular formula is C25H29N3O4. The largest absolute Gasteiger partial charge is 0.465 e. The van der Waals surface area contributed by atoms with E-state index in [1.165, 1.54) is 7.05 Å². The van der Waals surface area contributed by atoms with Crippen molar-refractivity contribution in [1.29, 1.82) is 0 Å². The molecule has 2 saturated heterocycles.